The highest BCUT2D eigenvalue weighted by molar-refractivity contribution is 5.21. The van der Waals surface area contributed by atoms with Crippen LogP contribution in [0.3, 0.4) is 0 Å². The number of aromatic nitrogens is 2. The number of rotatable bonds is 2. The van der Waals surface area contributed by atoms with Crippen molar-refractivity contribution in [3.05, 3.63) is 23.8 Å². The lowest BCUT2D eigenvalue weighted by molar-refractivity contribution is 0.0516. The molecule has 1 unspecified atom stereocenters. The molecule has 0 aliphatic heterocycles. The molecule has 0 radical (unpaired) electrons. The summed E-state index contributed by atoms with van der Waals surface area (Å²) in [5.41, 5.74) is 0.857. The maximum absolute atomic E-state index is 9.90. The summed E-state index contributed by atoms with van der Waals surface area (Å²) >= 11 is 0. The summed E-state index contributed by atoms with van der Waals surface area (Å²) in [7, 11) is 0. The van der Waals surface area contributed by atoms with Crippen molar-refractivity contribution in [1.29, 1.82) is 0 Å². The highest BCUT2D eigenvalue weighted by atomic mass is 16.3. The van der Waals surface area contributed by atoms with Crippen molar-refractivity contribution in [2.24, 2.45) is 0 Å². The second-order valence-electron chi connectivity index (χ2n) is 3.15. The van der Waals surface area contributed by atoms with Crippen LogP contribution in [0.4, 0.5) is 0 Å². The summed E-state index contributed by atoms with van der Waals surface area (Å²) in [5, 5.41) is 9.90. The molecule has 0 fully saturated rings. The van der Waals surface area contributed by atoms with Crippen molar-refractivity contribution >= 4 is 0 Å². The maximum Gasteiger partial charge on any atom is 0.115 e. The Kier molecular flexibility index (Phi) is 2.43. The fourth-order valence-corrected chi connectivity index (χ4v) is 1.11. The van der Waals surface area contributed by atoms with E-state index >= 15 is 0 Å². The van der Waals surface area contributed by atoms with Crippen molar-refractivity contribution in [3.63, 3.8) is 0 Å². The third kappa shape index (κ3) is 1.61. The number of aliphatic hydroxyl groups is 1. The largest absolute Gasteiger partial charge is 0.385 e. The lowest BCUT2D eigenvalue weighted by Crippen LogP contribution is -2.21. The van der Waals surface area contributed by atoms with Gasteiger partial charge in [0.2, 0.25) is 0 Å². The summed E-state index contributed by atoms with van der Waals surface area (Å²) in [6, 6.07) is 0. The smallest absolute Gasteiger partial charge is 0.115 e. The first-order valence-corrected chi connectivity index (χ1v) is 4.07. The number of hydrogen-bond donors (Lipinski definition) is 1. The lowest BCUT2D eigenvalue weighted by Gasteiger charge is -2.22. The van der Waals surface area contributed by atoms with Crippen LogP contribution in [0.25, 0.3) is 0 Å². The van der Waals surface area contributed by atoms with Gasteiger partial charge in [0.1, 0.15) is 6.33 Å². The molecule has 66 valence electrons. The maximum atomic E-state index is 9.90. The first kappa shape index (κ1) is 9.13. The fourth-order valence-electron chi connectivity index (χ4n) is 1.11. The normalized spacial score (nSPS) is 15.7. The van der Waals surface area contributed by atoms with Crippen LogP contribution in [0.15, 0.2) is 12.5 Å². The molecule has 0 saturated carbocycles. The molecule has 0 aromatic carbocycles. The van der Waals surface area contributed by atoms with E-state index in [0.717, 1.165) is 11.3 Å². The van der Waals surface area contributed by atoms with Crippen molar-refractivity contribution in [2.75, 3.05) is 0 Å². The van der Waals surface area contributed by atoms with E-state index in [2.05, 4.69) is 9.97 Å². The van der Waals surface area contributed by atoms with Crippen LogP contribution in [0.2, 0.25) is 0 Å². The molecule has 1 atom stereocenters. The van der Waals surface area contributed by atoms with E-state index < -0.39 is 5.60 Å². The van der Waals surface area contributed by atoms with E-state index in [1.165, 1.54) is 6.33 Å². The molecule has 1 heterocycles. The zero-order chi connectivity index (χ0) is 9.19. The van der Waals surface area contributed by atoms with Gasteiger partial charge in [-0.15, -0.1) is 0 Å². The highest BCUT2D eigenvalue weighted by Crippen LogP contribution is 2.24. The van der Waals surface area contributed by atoms with Crippen LogP contribution in [-0.4, -0.2) is 15.1 Å². The van der Waals surface area contributed by atoms with Crippen molar-refractivity contribution in [3.8, 4) is 0 Å². The van der Waals surface area contributed by atoms with Gasteiger partial charge in [0.15, 0.2) is 0 Å². The van der Waals surface area contributed by atoms with Gasteiger partial charge in [-0.1, -0.05) is 6.92 Å². The zero-order valence-electron chi connectivity index (χ0n) is 7.70. The van der Waals surface area contributed by atoms with Crippen LogP contribution in [0.1, 0.15) is 31.5 Å². The summed E-state index contributed by atoms with van der Waals surface area (Å²) in [6.07, 6.45) is 3.83. The molecule has 0 spiro atoms. The minimum atomic E-state index is -0.800. The van der Waals surface area contributed by atoms with Crippen LogP contribution in [-0.2, 0) is 5.60 Å². The molecule has 3 nitrogen and oxygen atoms in total. The lowest BCUT2D eigenvalue weighted by atomic mass is 9.94. The Balaban J connectivity index is 3.10. The molecular formula is C9H14N2O. The quantitative estimate of drug-likeness (QED) is 0.722. The van der Waals surface area contributed by atoms with Gasteiger partial charge >= 0.3 is 0 Å². The van der Waals surface area contributed by atoms with Gasteiger partial charge in [0.25, 0.3) is 0 Å². The Bertz CT molecular complexity index is 271. The number of aryl methyl sites for hydroxylation is 1. The van der Waals surface area contributed by atoms with Gasteiger partial charge in [-0.2, -0.15) is 0 Å². The molecule has 0 amide bonds. The summed E-state index contributed by atoms with van der Waals surface area (Å²) < 4.78 is 0. The van der Waals surface area contributed by atoms with Gasteiger partial charge in [0.05, 0.1) is 5.60 Å². The first-order valence-electron chi connectivity index (χ1n) is 4.07. The van der Waals surface area contributed by atoms with E-state index in [1.54, 1.807) is 13.1 Å². The van der Waals surface area contributed by atoms with Gasteiger partial charge in [-0.25, -0.2) is 9.97 Å². The van der Waals surface area contributed by atoms with E-state index in [4.69, 9.17) is 0 Å². The van der Waals surface area contributed by atoms with Crippen molar-refractivity contribution in [2.45, 2.75) is 32.8 Å². The minimum absolute atomic E-state index is 0.668. The van der Waals surface area contributed by atoms with Crippen LogP contribution >= 0.6 is 0 Å². The third-order valence-corrected chi connectivity index (χ3v) is 2.18. The molecule has 1 aromatic rings. The SMILES string of the molecule is CCC(C)(O)c1cncnc1C. The zero-order valence-corrected chi connectivity index (χ0v) is 7.70. The van der Waals surface area contributed by atoms with Crippen molar-refractivity contribution in [1.82, 2.24) is 9.97 Å². The third-order valence-electron chi connectivity index (χ3n) is 2.18. The summed E-state index contributed by atoms with van der Waals surface area (Å²) in [4.78, 5) is 7.91. The Hall–Kier alpha value is -0.960. The molecule has 12 heavy (non-hydrogen) atoms. The summed E-state index contributed by atoms with van der Waals surface area (Å²) in [5.74, 6) is 0. The van der Waals surface area contributed by atoms with Crippen LogP contribution < -0.4 is 0 Å². The molecule has 1 N–H and O–H groups in total. The van der Waals surface area contributed by atoms with Crippen molar-refractivity contribution < 1.29 is 5.11 Å². The molecular weight excluding hydrogens is 152 g/mol. The number of nitrogens with zero attached hydrogens (tertiary/aromatic N) is 2. The van der Waals surface area contributed by atoms with E-state index in [1.807, 2.05) is 13.8 Å². The second kappa shape index (κ2) is 3.19. The van der Waals surface area contributed by atoms with Crippen LogP contribution in [0, 0.1) is 6.92 Å². The average molecular weight is 166 g/mol. The fraction of sp³-hybridized carbons (Fsp3) is 0.556. The first-order chi connectivity index (χ1) is 5.58. The Morgan fingerprint density at radius 3 is 2.75 bits per heavy atom. The number of hydrogen-bond acceptors (Lipinski definition) is 3. The Labute approximate surface area is 72.5 Å². The topological polar surface area (TPSA) is 46.0 Å². The predicted octanol–water partition coefficient (Wildman–Crippen LogP) is 1.40. The average Bonchev–Trinajstić information content (AvgIpc) is 2.05. The van der Waals surface area contributed by atoms with E-state index in [9.17, 15) is 5.11 Å². The molecule has 3 heteroatoms. The Morgan fingerprint density at radius 2 is 2.25 bits per heavy atom. The second-order valence-corrected chi connectivity index (χ2v) is 3.15. The van der Waals surface area contributed by atoms with Gasteiger partial charge in [0, 0.05) is 17.5 Å². The standard InChI is InChI=1S/C9H14N2O/c1-4-9(3,12)8-5-10-6-11-7(8)2/h5-6,12H,4H2,1-3H3. The molecule has 0 saturated heterocycles. The van der Waals surface area contributed by atoms with Crippen LogP contribution in [0.5, 0.6) is 0 Å². The van der Waals surface area contributed by atoms with E-state index in [-0.39, 0.29) is 0 Å². The van der Waals surface area contributed by atoms with E-state index in [0.29, 0.717) is 6.42 Å². The monoisotopic (exact) mass is 166 g/mol. The molecule has 0 bridgehead atoms. The minimum Gasteiger partial charge on any atom is -0.385 e. The molecule has 0 aliphatic rings. The Morgan fingerprint density at radius 1 is 1.58 bits per heavy atom. The van der Waals surface area contributed by atoms with Gasteiger partial charge in [-0.3, -0.25) is 0 Å². The molecule has 1 aromatic heterocycles. The van der Waals surface area contributed by atoms with Gasteiger partial charge < -0.3 is 5.11 Å². The summed E-state index contributed by atoms with van der Waals surface area (Å²) in [6.45, 7) is 5.59. The highest BCUT2D eigenvalue weighted by Gasteiger charge is 2.22. The predicted molar refractivity (Wildman–Crippen MR) is 46.6 cm³/mol. The molecule has 0 aliphatic carbocycles. The molecule has 1 rings (SSSR count). The van der Waals surface area contributed by atoms with Gasteiger partial charge in [-0.05, 0) is 20.3 Å².